The molecule has 0 aliphatic heterocycles. The summed E-state index contributed by atoms with van der Waals surface area (Å²) in [6.45, 7) is 8.83. The van der Waals surface area contributed by atoms with Crippen LogP contribution in [0, 0.1) is 28.6 Å². The van der Waals surface area contributed by atoms with Crippen LogP contribution >= 0.6 is 0 Å². The van der Waals surface area contributed by atoms with Gasteiger partial charge in [0.2, 0.25) is 0 Å². The summed E-state index contributed by atoms with van der Waals surface area (Å²) in [6, 6.07) is 0. The van der Waals surface area contributed by atoms with E-state index >= 15 is 0 Å². The van der Waals surface area contributed by atoms with Crippen molar-refractivity contribution in [2.75, 3.05) is 0 Å². The number of ether oxygens (including phenoxy) is 1. The van der Waals surface area contributed by atoms with Gasteiger partial charge >= 0.3 is 5.97 Å². The molecule has 2 heteroatoms. The summed E-state index contributed by atoms with van der Waals surface area (Å²) < 4.78 is 5.57. The number of fused-ring (bicyclic) bond motifs is 5. The van der Waals surface area contributed by atoms with Gasteiger partial charge in [-0.1, -0.05) is 37.1 Å². The number of hydrogen-bond donors (Lipinski definition) is 0. The molecule has 0 saturated heterocycles. The van der Waals surface area contributed by atoms with Gasteiger partial charge in [-0.2, -0.15) is 0 Å². The summed E-state index contributed by atoms with van der Waals surface area (Å²) in [5, 5.41) is 0. The van der Waals surface area contributed by atoms with E-state index in [-0.39, 0.29) is 12.1 Å². The summed E-state index contributed by atoms with van der Waals surface area (Å²) in [4.78, 5) is 11.4. The van der Waals surface area contributed by atoms with E-state index in [9.17, 15) is 4.79 Å². The number of allylic oxidation sites excluding steroid dienone is 4. The molecule has 138 valence electrons. The Morgan fingerprint density at radius 3 is 2.72 bits per heavy atom. The van der Waals surface area contributed by atoms with Crippen LogP contribution in [0.25, 0.3) is 0 Å². The largest absolute Gasteiger partial charge is 0.463 e. The van der Waals surface area contributed by atoms with Crippen molar-refractivity contribution in [2.45, 2.75) is 85.2 Å². The number of rotatable bonds is 1. The molecule has 0 aromatic carbocycles. The minimum absolute atomic E-state index is 0.111. The van der Waals surface area contributed by atoms with Crippen molar-refractivity contribution in [3.8, 4) is 0 Å². The Balaban J connectivity index is 1.60. The van der Waals surface area contributed by atoms with Crippen molar-refractivity contribution >= 4 is 5.97 Å². The SMILES string of the molecule is CC=C1CC[C@H]2[C@@H]3CCC4C[C@H](OC(C)=O)CC[C@]4(C)C3=CC[C@]12C. The van der Waals surface area contributed by atoms with Crippen LogP contribution in [0.3, 0.4) is 0 Å². The molecule has 0 spiro atoms. The molecule has 3 fully saturated rings. The maximum atomic E-state index is 11.4. The van der Waals surface area contributed by atoms with Gasteiger partial charge in [-0.25, -0.2) is 0 Å². The third kappa shape index (κ3) is 2.54. The molecule has 0 amide bonds. The van der Waals surface area contributed by atoms with E-state index in [1.54, 1.807) is 18.1 Å². The maximum absolute atomic E-state index is 11.4. The maximum Gasteiger partial charge on any atom is 0.302 e. The zero-order chi connectivity index (χ0) is 17.8. The van der Waals surface area contributed by atoms with Crippen molar-refractivity contribution in [2.24, 2.45) is 28.6 Å². The second-order valence-corrected chi connectivity index (χ2v) is 9.54. The highest BCUT2D eigenvalue weighted by Crippen LogP contribution is 2.65. The van der Waals surface area contributed by atoms with E-state index < -0.39 is 0 Å². The third-order valence-corrected chi connectivity index (χ3v) is 8.51. The van der Waals surface area contributed by atoms with E-state index in [1.807, 2.05) is 0 Å². The average Bonchev–Trinajstić information content (AvgIpc) is 2.91. The van der Waals surface area contributed by atoms with Crippen molar-refractivity contribution in [1.82, 2.24) is 0 Å². The zero-order valence-corrected chi connectivity index (χ0v) is 16.4. The van der Waals surface area contributed by atoms with Crippen LogP contribution in [0.15, 0.2) is 23.3 Å². The minimum atomic E-state index is -0.111. The lowest BCUT2D eigenvalue weighted by atomic mass is 9.49. The first-order valence-corrected chi connectivity index (χ1v) is 10.4. The Morgan fingerprint density at radius 2 is 2.00 bits per heavy atom. The second-order valence-electron chi connectivity index (χ2n) is 9.54. The van der Waals surface area contributed by atoms with Crippen molar-refractivity contribution < 1.29 is 9.53 Å². The summed E-state index contributed by atoms with van der Waals surface area (Å²) in [5.74, 6) is 2.23. The van der Waals surface area contributed by atoms with Gasteiger partial charge in [0.05, 0.1) is 0 Å². The minimum Gasteiger partial charge on any atom is -0.463 e. The number of carbonyl (C=O) groups excluding carboxylic acids is 1. The van der Waals surface area contributed by atoms with Crippen molar-refractivity contribution in [1.29, 1.82) is 0 Å². The third-order valence-electron chi connectivity index (χ3n) is 8.51. The first-order chi connectivity index (χ1) is 11.9. The molecule has 6 atom stereocenters. The molecule has 0 heterocycles. The van der Waals surface area contributed by atoms with Crippen LogP contribution in [-0.4, -0.2) is 12.1 Å². The van der Waals surface area contributed by atoms with Crippen molar-refractivity contribution in [3.63, 3.8) is 0 Å². The zero-order valence-electron chi connectivity index (χ0n) is 16.4. The average molecular weight is 343 g/mol. The molecule has 1 unspecified atom stereocenters. The van der Waals surface area contributed by atoms with Gasteiger partial charge in [0.15, 0.2) is 0 Å². The van der Waals surface area contributed by atoms with Crippen LogP contribution in [0.2, 0.25) is 0 Å². The highest BCUT2D eigenvalue weighted by molar-refractivity contribution is 5.66. The normalized spacial score (nSPS) is 47.5. The molecule has 0 aromatic heterocycles. The summed E-state index contributed by atoms with van der Waals surface area (Å²) >= 11 is 0. The molecule has 0 aromatic rings. The van der Waals surface area contributed by atoms with Gasteiger partial charge in [-0.15, -0.1) is 0 Å². The molecular formula is C23H34O2. The molecule has 0 N–H and O–H groups in total. The Morgan fingerprint density at radius 1 is 1.20 bits per heavy atom. The van der Waals surface area contributed by atoms with Crippen LogP contribution in [0.1, 0.15) is 79.1 Å². The van der Waals surface area contributed by atoms with Crippen LogP contribution in [0.4, 0.5) is 0 Å². The summed E-state index contributed by atoms with van der Waals surface area (Å²) in [6.07, 6.45) is 15.1. The second kappa shape index (κ2) is 5.99. The molecule has 4 aliphatic carbocycles. The van der Waals surface area contributed by atoms with Crippen LogP contribution in [-0.2, 0) is 9.53 Å². The van der Waals surface area contributed by atoms with Crippen molar-refractivity contribution in [3.05, 3.63) is 23.3 Å². The van der Waals surface area contributed by atoms with E-state index in [0.29, 0.717) is 16.7 Å². The highest BCUT2D eigenvalue weighted by atomic mass is 16.5. The Bertz CT molecular complexity index is 630. The molecule has 0 bridgehead atoms. The highest BCUT2D eigenvalue weighted by Gasteiger charge is 2.55. The fraction of sp³-hybridized carbons (Fsp3) is 0.783. The fourth-order valence-corrected chi connectivity index (χ4v) is 7.16. The van der Waals surface area contributed by atoms with E-state index in [0.717, 1.165) is 24.7 Å². The number of esters is 1. The predicted octanol–water partition coefficient (Wildman–Crippen LogP) is 5.83. The number of carbonyl (C=O) groups is 1. The quantitative estimate of drug-likeness (QED) is 0.443. The van der Waals surface area contributed by atoms with Gasteiger partial charge in [-0.3, -0.25) is 4.79 Å². The van der Waals surface area contributed by atoms with Gasteiger partial charge in [0, 0.05) is 6.92 Å². The predicted molar refractivity (Wildman–Crippen MR) is 101 cm³/mol. The lowest BCUT2D eigenvalue weighted by Gasteiger charge is -2.56. The topological polar surface area (TPSA) is 26.3 Å². The molecule has 0 radical (unpaired) electrons. The fourth-order valence-electron chi connectivity index (χ4n) is 7.16. The molecular weight excluding hydrogens is 308 g/mol. The van der Waals surface area contributed by atoms with E-state index in [4.69, 9.17) is 4.74 Å². The lowest BCUT2D eigenvalue weighted by Crippen LogP contribution is -2.48. The van der Waals surface area contributed by atoms with Gasteiger partial charge in [-0.05, 0) is 86.9 Å². The molecule has 3 saturated carbocycles. The van der Waals surface area contributed by atoms with Gasteiger partial charge in [0.25, 0.3) is 0 Å². The lowest BCUT2D eigenvalue weighted by molar-refractivity contribution is -0.151. The molecule has 4 aliphatic rings. The standard InChI is InChI=1S/C23H34O2/c1-5-16-7-9-20-19-8-6-17-14-18(25-15(2)24)10-12-23(17,4)21(19)11-13-22(16,20)3/h5,11,17-20H,6-10,12-14H2,1-4H3/t17?,18-,19+,20+,22-,23+/m1/s1. The Labute approximate surface area is 153 Å². The van der Waals surface area contributed by atoms with Crippen LogP contribution in [0.5, 0.6) is 0 Å². The van der Waals surface area contributed by atoms with Gasteiger partial charge in [0.1, 0.15) is 6.10 Å². The van der Waals surface area contributed by atoms with Gasteiger partial charge < -0.3 is 4.74 Å². The van der Waals surface area contributed by atoms with E-state index in [1.165, 1.54) is 38.5 Å². The number of hydrogen-bond acceptors (Lipinski definition) is 2. The molecule has 4 rings (SSSR count). The Kier molecular flexibility index (Phi) is 4.16. The summed E-state index contributed by atoms with van der Waals surface area (Å²) in [5.41, 5.74) is 4.25. The first-order valence-electron chi connectivity index (χ1n) is 10.4. The monoisotopic (exact) mass is 342 g/mol. The smallest absolute Gasteiger partial charge is 0.302 e. The molecule has 25 heavy (non-hydrogen) atoms. The first kappa shape index (κ1) is 17.4. The van der Waals surface area contributed by atoms with E-state index in [2.05, 4.69) is 32.9 Å². The molecule has 2 nitrogen and oxygen atoms in total. The Hall–Kier alpha value is -1.05. The summed E-state index contributed by atoms with van der Waals surface area (Å²) in [7, 11) is 0. The van der Waals surface area contributed by atoms with Crippen LogP contribution < -0.4 is 0 Å².